The molecule has 2 amide bonds. The third-order valence-electron chi connectivity index (χ3n) is 5.95. The van der Waals surface area contributed by atoms with Gasteiger partial charge in [0, 0.05) is 20.7 Å². The van der Waals surface area contributed by atoms with E-state index < -0.39 is 0 Å². The molecule has 1 N–H and O–H groups in total. The standard InChI is InChI=1S/C31H24BrClN4O4S/c1-20-4-11-25(12-5-20)35-29(38)19-41-27-13-8-23(32)15-22(27)16-28-30(39)37(18-26-3-2-14-40-26)31(42-28)36-34-17-21-6-9-24(33)10-7-21/h2-17H,18-19H2,1H3,(H,35,38)/b28-16-,34-17+,36-31-. The van der Waals surface area contributed by atoms with Crippen LogP contribution < -0.4 is 10.1 Å². The predicted molar refractivity (Wildman–Crippen MR) is 171 cm³/mol. The van der Waals surface area contributed by atoms with Gasteiger partial charge in [-0.3, -0.25) is 14.5 Å². The number of amidine groups is 1. The molecular weight excluding hydrogens is 640 g/mol. The normalized spacial score (nSPS) is 15.2. The number of ether oxygens (including phenoxy) is 1. The predicted octanol–water partition coefficient (Wildman–Crippen LogP) is 7.53. The zero-order valence-electron chi connectivity index (χ0n) is 22.3. The molecule has 1 fully saturated rings. The van der Waals surface area contributed by atoms with Crippen molar-refractivity contribution in [1.29, 1.82) is 0 Å². The first kappa shape index (κ1) is 29.4. The van der Waals surface area contributed by atoms with Crippen molar-refractivity contribution in [2.24, 2.45) is 10.2 Å². The summed E-state index contributed by atoms with van der Waals surface area (Å²) < 4.78 is 12.1. The van der Waals surface area contributed by atoms with Crippen LogP contribution in [0.1, 0.15) is 22.5 Å². The van der Waals surface area contributed by atoms with E-state index in [9.17, 15) is 9.59 Å². The van der Waals surface area contributed by atoms with E-state index in [-0.39, 0.29) is 25.0 Å². The largest absolute Gasteiger partial charge is 0.483 e. The van der Waals surface area contributed by atoms with Crippen LogP contribution in [0, 0.1) is 6.92 Å². The lowest BCUT2D eigenvalue weighted by atomic mass is 10.2. The number of aryl methyl sites for hydroxylation is 1. The zero-order chi connectivity index (χ0) is 29.5. The summed E-state index contributed by atoms with van der Waals surface area (Å²) >= 11 is 10.6. The molecule has 5 rings (SSSR count). The molecule has 3 aromatic carbocycles. The van der Waals surface area contributed by atoms with Gasteiger partial charge in [0.25, 0.3) is 11.8 Å². The summed E-state index contributed by atoms with van der Waals surface area (Å²) in [5.74, 6) is 0.483. The van der Waals surface area contributed by atoms with Crippen LogP contribution in [0.15, 0.2) is 109 Å². The molecule has 4 aromatic rings. The molecule has 8 nitrogen and oxygen atoms in total. The van der Waals surface area contributed by atoms with Crippen LogP contribution in [0.3, 0.4) is 0 Å². The first-order valence-corrected chi connectivity index (χ1v) is 14.7. The minimum atomic E-state index is -0.302. The number of furan rings is 1. The number of anilines is 1. The van der Waals surface area contributed by atoms with Gasteiger partial charge < -0.3 is 14.5 Å². The molecule has 1 saturated heterocycles. The molecule has 212 valence electrons. The fraction of sp³-hybridized carbons (Fsp3) is 0.0968. The summed E-state index contributed by atoms with van der Waals surface area (Å²) in [7, 11) is 0. The second kappa shape index (κ2) is 13.7. The fourth-order valence-corrected chi connectivity index (χ4v) is 5.29. The average Bonchev–Trinajstić information content (AvgIpc) is 3.59. The summed E-state index contributed by atoms with van der Waals surface area (Å²) in [6.45, 7) is 1.96. The smallest absolute Gasteiger partial charge is 0.267 e. The Bertz CT molecular complexity index is 1670. The van der Waals surface area contributed by atoms with E-state index in [1.54, 1.807) is 55.0 Å². The maximum absolute atomic E-state index is 13.5. The number of nitrogens with one attached hydrogen (secondary N) is 1. The minimum absolute atomic E-state index is 0.187. The monoisotopic (exact) mass is 662 g/mol. The van der Waals surface area contributed by atoms with Gasteiger partial charge in [0.1, 0.15) is 11.5 Å². The van der Waals surface area contributed by atoms with Crippen molar-refractivity contribution < 1.29 is 18.7 Å². The average molecular weight is 664 g/mol. The highest BCUT2D eigenvalue weighted by atomic mass is 79.9. The SMILES string of the molecule is Cc1ccc(NC(=O)COc2ccc(Br)cc2/C=C2\S/C(=N\N=C\c3ccc(Cl)cc3)N(Cc3ccco3)C2=O)cc1. The van der Waals surface area contributed by atoms with Gasteiger partial charge in [-0.2, -0.15) is 5.10 Å². The lowest BCUT2D eigenvalue weighted by Gasteiger charge is -2.13. The van der Waals surface area contributed by atoms with Crippen molar-refractivity contribution in [2.75, 3.05) is 11.9 Å². The molecule has 0 saturated carbocycles. The van der Waals surface area contributed by atoms with Crippen LogP contribution >= 0.6 is 39.3 Å². The molecule has 0 unspecified atom stereocenters. The van der Waals surface area contributed by atoms with E-state index in [1.165, 1.54) is 16.7 Å². The molecule has 42 heavy (non-hydrogen) atoms. The molecule has 2 heterocycles. The Hall–Kier alpha value is -4.12. The van der Waals surface area contributed by atoms with Gasteiger partial charge in [0.05, 0.1) is 23.9 Å². The Morgan fingerprint density at radius 3 is 2.64 bits per heavy atom. The molecule has 1 aliphatic rings. The first-order valence-electron chi connectivity index (χ1n) is 12.7. The van der Waals surface area contributed by atoms with Crippen molar-refractivity contribution in [3.8, 4) is 5.75 Å². The number of amides is 2. The molecule has 0 atom stereocenters. The number of benzene rings is 3. The Labute approximate surface area is 260 Å². The van der Waals surface area contributed by atoms with Crippen LogP contribution in [0.2, 0.25) is 5.02 Å². The van der Waals surface area contributed by atoms with E-state index in [1.807, 2.05) is 49.4 Å². The highest BCUT2D eigenvalue weighted by molar-refractivity contribution is 9.10. The van der Waals surface area contributed by atoms with E-state index in [0.29, 0.717) is 37.9 Å². The maximum atomic E-state index is 13.5. The molecular formula is C31H24BrClN4O4S. The van der Waals surface area contributed by atoms with Crippen LogP contribution in [0.5, 0.6) is 5.75 Å². The molecule has 11 heteroatoms. The topological polar surface area (TPSA) is 96.5 Å². The number of nitrogens with zero attached hydrogens (tertiary/aromatic N) is 3. The molecule has 0 radical (unpaired) electrons. The van der Waals surface area contributed by atoms with Gasteiger partial charge in [-0.1, -0.05) is 57.4 Å². The van der Waals surface area contributed by atoms with Crippen LogP contribution in [-0.2, 0) is 16.1 Å². The van der Waals surface area contributed by atoms with E-state index >= 15 is 0 Å². The van der Waals surface area contributed by atoms with E-state index in [2.05, 4.69) is 31.4 Å². The number of hydrogen-bond donors (Lipinski definition) is 1. The molecule has 0 bridgehead atoms. The van der Waals surface area contributed by atoms with Gasteiger partial charge in [0.15, 0.2) is 11.8 Å². The van der Waals surface area contributed by atoms with Crippen molar-refractivity contribution in [1.82, 2.24) is 4.90 Å². The number of carbonyl (C=O) groups is 2. The maximum Gasteiger partial charge on any atom is 0.267 e. The number of carbonyl (C=O) groups excluding carboxylic acids is 2. The number of rotatable bonds is 9. The number of thioether (sulfide) groups is 1. The Kier molecular flexibility index (Phi) is 9.58. The van der Waals surface area contributed by atoms with Gasteiger partial charge in [0.2, 0.25) is 0 Å². The van der Waals surface area contributed by atoms with Crippen LogP contribution in [0.25, 0.3) is 6.08 Å². The molecule has 0 spiro atoms. The van der Waals surface area contributed by atoms with Crippen LogP contribution in [-0.4, -0.2) is 34.7 Å². The van der Waals surface area contributed by atoms with Crippen molar-refractivity contribution >= 4 is 74.3 Å². The summed E-state index contributed by atoms with van der Waals surface area (Å²) in [4.78, 5) is 28.0. The Balaban J connectivity index is 1.36. The highest BCUT2D eigenvalue weighted by Gasteiger charge is 2.34. The Morgan fingerprint density at radius 1 is 1.12 bits per heavy atom. The molecule has 1 aliphatic heterocycles. The fourth-order valence-electron chi connectivity index (χ4n) is 3.86. The third kappa shape index (κ3) is 7.79. The van der Waals surface area contributed by atoms with Crippen LogP contribution in [0.4, 0.5) is 5.69 Å². The number of halogens is 2. The summed E-state index contributed by atoms with van der Waals surface area (Å²) in [5, 5.41) is 12.4. The van der Waals surface area contributed by atoms with E-state index in [4.69, 9.17) is 20.8 Å². The van der Waals surface area contributed by atoms with Crippen molar-refractivity contribution in [3.63, 3.8) is 0 Å². The molecule has 0 aliphatic carbocycles. The Morgan fingerprint density at radius 2 is 1.90 bits per heavy atom. The molecule has 1 aromatic heterocycles. The highest BCUT2D eigenvalue weighted by Crippen LogP contribution is 2.36. The second-order valence-corrected chi connectivity index (χ2v) is 11.5. The van der Waals surface area contributed by atoms with Gasteiger partial charge in [-0.15, -0.1) is 5.10 Å². The summed E-state index contributed by atoms with van der Waals surface area (Å²) in [5.41, 5.74) is 3.21. The lowest BCUT2D eigenvalue weighted by Crippen LogP contribution is -2.28. The first-order chi connectivity index (χ1) is 20.3. The summed E-state index contributed by atoms with van der Waals surface area (Å²) in [6.07, 6.45) is 4.85. The third-order valence-corrected chi connectivity index (χ3v) is 7.70. The van der Waals surface area contributed by atoms with E-state index in [0.717, 1.165) is 15.6 Å². The zero-order valence-corrected chi connectivity index (χ0v) is 25.4. The second-order valence-electron chi connectivity index (χ2n) is 9.15. The quantitative estimate of drug-likeness (QED) is 0.114. The number of hydrogen-bond acceptors (Lipinski definition) is 7. The minimum Gasteiger partial charge on any atom is -0.483 e. The summed E-state index contributed by atoms with van der Waals surface area (Å²) in [6, 6.07) is 23.6. The van der Waals surface area contributed by atoms with Crippen molar-refractivity contribution in [3.05, 3.63) is 122 Å². The lowest BCUT2D eigenvalue weighted by molar-refractivity contribution is -0.122. The van der Waals surface area contributed by atoms with Gasteiger partial charge in [-0.25, -0.2) is 0 Å². The van der Waals surface area contributed by atoms with Gasteiger partial charge in [-0.05, 0) is 84.9 Å². The van der Waals surface area contributed by atoms with Gasteiger partial charge >= 0.3 is 0 Å². The van der Waals surface area contributed by atoms with Crippen molar-refractivity contribution in [2.45, 2.75) is 13.5 Å².